The van der Waals surface area contributed by atoms with E-state index in [1.807, 2.05) is 0 Å². The van der Waals surface area contributed by atoms with Gasteiger partial charge in [0.1, 0.15) is 18.9 Å². The molecule has 0 saturated heterocycles. The van der Waals surface area contributed by atoms with E-state index >= 15 is 0 Å². The second kappa shape index (κ2) is 6.15. The highest BCUT2D eigenvalue weighted by Crippen LogP contribution is 2.07. The highest BCUT2D eigenvalue weighted by Gasteiger charge is 2.09. The van der Waals surface area contributed by atoms with Gasteiger partial charge in [-0.25, -0.2) is 0 Å². The Balaban J connectivity index is 1.74. The smallest absolute Gasteiger partial charge is 0.306 e. The van der Waals surface area contributed by atoms with E-state index in [9.17, 15) is 14.9 Å². The number of carbonyl (C=O) groups excluding carboxylic acids is 1. The molecule has 0 atom stereocenters. The summed E-state index contributed by atoms with van der Waals surface area (Å²) < 4.78 is 2.81. The largest absolute Gasteiger partial charge is 0.353 e. The fraction of sp³-hybridized carbons (Fsp3) is 0.300. The van der Waals surface area contributed by atoms with Gasteiger partial charge in [0.15, 0.2) is 0 Å². The van der Waals surface area contributed by atoms with Crippen LogP contribution in [0.25, 0.3) is 0 Å². The summed E-state index contributed by atoms with van der Waals surface area (Å²) in [5.41, 5.74) is -0.0810. The molecule has 0 fully saturated rings. The molecule has 2 aromatic rings. The number of halogens is 1. The Morgan fingerprint density at radius 2 is 2.10 bits per heavy atom. The molecule has 2 rings (SSSR count). The van der Waals surface area contributed by atoms with Gasteiger partial charge >= 0.3 is 5.69 Å². The standard InChI is InChI=1S/C10H11ClN6O3/c11-8-3-13-16(5-8)7-10(18)12-1-2-15-6-9(4-14-15)17(19)20/h3-6H,1-2,7H2,(H,12,18). The quantitative estimate of drug-likeness (QED) is 0.615. The Labute approximate surface area is 118 Å². The lowest BCUT2D eigenvalue weighted by molar-refractivity contribution is -0.385. The van der Waals surface area contributed by atoms with Gasteiger partial charge in [0.05, 0.1) is 22.7 Å². The van der Waals surface area contributed by atoms with Gasteiger partial charge in [-0.05, 0) is 0 Å². The molecule has 0 aliphatic carbocycles. The first-order valence-corrected chi connectivity index (χ1v) is 6.04. The predicted octanol–water partition coefficient (Wildman–Crippen LogP) is 0.458. The van der Waals surface area contributed by atoms with Gasteiger partial charge in [0, 0.05) is 12.7 Å². The molecule has 0 radical (unpaired) electrons. The summed E-state index contributed by atoms with van der Waals surface area (Å²) >= 11 is 5.67. The number of nitrogens with one attached hydrogen (secondary N) is 1. The molecule has 2 heterocycles. The van der Waals surface area contributed by atoms with Crippen LogP contribution in [-0.4, -0.2) is 36.9 Å². The van der Waals surface area contributed by atoms with E-state index in [0.29, 0.717) is 18.1 Å². The van der Waals surface area contributed by atoms with Crippen molar-refractivity contribution in [3.05, 3.63) is 39.9 Å². The molecule has 1 N–H and O–H groups in total. The lowest BCUT2D eigenvalue weighted by atomic mass is 10.5. The van der Waals surface area contributed by atoms with Gasteiger partial charge in [0.25, 0.3) is 0 Å². The SMILES string of the molecule is O=C(Cn1cc(Cl)cn1)NCCn1cc([N+](=O)[O-])cn1. The van der Waals surface area contributed by atoms with Crippen LogP contribution in [0.2, 0.25) is 5.02 Å². The second-order valence-electron chi connectivity index (χ2n) is 3.92. The number of carbonyl (C=O) groups is 1. The molecule has 0 bridgehead atoms. The fourth-order valence-electron chi connectivity index (χ4n) is 1.51. The Morgan fingerprint density at radius 1 is 1.35 bits per heavy atom. The van der Waals surface area contributed by atoms with Crippen LogP contribution in [0.4, 0.5) is 5.69 Å². The van der Waals surface area contributed by atoms with E-state index in [2.05, 4.69) is 15.5 Å². The van der Waals surface area contributed by atoms with Crippen LogP contribution in [0, 0.1) is 10.1 Å². The molecule has 10 heteroatoms. The van der Waals surface area contributed by atoms with Crippen LogP contribution in [0.5, 0.6) is 0 Å². The fourth-order valence-corrected chi connectivity index (χ4v) is 1.66. The molecule has 9 nitrogen and oxygen atoms in total. The van der Waals surface area contributed by atoms with Crippen molar-refractivity contribution in [1.82, 2.24) is 24.9 Å². The van der Waals surface area contributed by atoms with Crippen LogP contribution in [0.3, 0.4) is 0 Å². The average molecular weight is 299 g/mol. The first kappa shape index (κ1) is 14.0. The number of hydrogen-bond acceptors (Lipinski definition) is 5. The number of hydrogen-bond donors (Lipinski definition) is 1. The van der Waals surface area contributed by atoms with Crippen molar-refractivity contribution >= 4 is 23.2 Å². The van der Waals surface area contributed by atoms with E-state index < -0.39 is 4.92 Å². The molecule has 0 aliphatic rings. The molecular formula is C10H11ClN6O3. The zero-order valence-corrected chi connectivity index (χ0v) is 11.0. The molecule has 0 aromatic carbocycles. The van der Waals surface area contributed by atoms with Crippen molar-refractivity contribution in [1.29, 1.82) is 0 Å². The predicted molar refractivity (Wildman–Crippen MR) is 69.1 cm³/mol. The average Bonchev–Trinajstić information content (AvgIpc) is 2.99. The molecule has 20 heavy (non-hydrogen) atoms. The molecule has 0 unspecified atom stereocenters. The number of rotatable bonds is 6. The van der Waals surface area contributed by atoms with Gasteiger partial charge < -0.3 is 5.32 Å². The summed E-state index contributed by atoms with van der Waals surface area (Å²) in [7, 11) is 0. The first-order valence-electron chi connectivity index (χ1n) is 5.66. The van der Waals surface area contributed by atoms with Crippen LogP contribution in [0.15, 0.2) is 24.8 Å². The monoisotopic (exact) mass is 298 g/mol. The maximum Gasteiger partial charge on any atom is 0.306 e. The lowest BCUT2D eigenvalue weighted by Crippen LogP contribution is -2.30. The summed E-state index contributed by atoms with van der Waals surface area (Å²) in [5, 5.41) is 21.3. The topological polar surface area (TPSA) is 108 Å². The summed E-state index contributed by atoms with van der Waals surface area (Å²) in [5.74, 6) is -0.230. The van der Waals surface area contributed by atoms with Gasteiger partial charge in [-0.15, -0.1) is 0 Å². The Bertz CT molecular complexity index is 622. The molecular weight excluding hydrogens is 288 g/mol. The zero-order chi connectivity index (χ0) is 14.5. The Kier molecular flexibility index (Phi) is 4.31. The maximum atomic E-state index is 11.6. The van der Waals surface area contributed by atoms with Crippen LogP contribution in [0.1, 0.15) is 0 Å². The normalized spacial score (nSPS) is 10.4. The van der Waals surface area contributed by atoms with Gasteiger partial charge in [-0.2, -0.15) is 10.2 Å². The van der Waals surface area contributed by atoms with Crippen LogP contribution >= 0.6 is 11.6 Å². The number of aromatic nitrogens is 4. The van der Waals surface area contributed by atoms with Crippen LogP contribution < -0.4 is 5.32 Å². The second-order valence-corrected chi connectivity index (χ2v) is 4.36. The van der Waals surface area contributed by atoms with E-state index in [1.54, 1.807) is 0 Å². The van der Waals surface area contributed by atoms with E-state index in [4.69, 9.17) is 11.6 Å². The van der Waals surface area contributed by atoms with Gasteiger partial charge in [-0.1, -0.05) is 11.6 Å². The van der Waals surface area contributed by atoms with Crippen LogP contribution in [-0.2, 0) is 17.9 Å². The summed E-state index contributed by atoms with van der Waals surface area (Å²) in [6.07, 6.45) is 5.45. The van der Waals surface area contributed by atoms with Gasteiger partial charge in [-0.3, -0.25) is 24.3 Å². The van der Waals surface area contributed by atoms with Gasteiger partial charge in [0.2, 0.25) is 5.91 Å². The molecule has 1 amide bonds. The highest BCUT2D eigenvalue weighted by atomic mass is 35.5. The van der Waals surface area contributed by atoms with E-state index in [-0.39, 0.29) is 18.1 Å². The third-order valence-electron chi connectivity index (χ3n) is 2.40. The van der Waals surface area contributed by atoms with E-state index in [1.165, 1.54) is 28.0 Å². The molecule has 106 valence electrons. The Morgan fingerprint density at radius 3 is 2.70 bits per heavy atom. The van der Waals surface area contributed by atoms with Crippen molar-refractivity contribution in [2.75, 3.05) is 6.54 Å². The van der Waals surface area contributed by atoms with E-state index in [0.717, 1.165) is 6.20 Å². The minimum Gasteiger partial charge on any atom is -0.353 e. The van der Waals surface area contributed by atoms with Crippen molar-refractivity contribution in [3.8, 4) is 0 Å². The van der Waals surface area contributed by atoms with Crippen molar-refractivity contribution in [2.24, 2.45) is 0 Å². The summed E-state index contributed by atoms with van der Waals surface area (Å²) in [6, 6.07) is 0. The first-order chi connectivity index (χ1) is 9.54. The minimum atomic E-state index is -0.524. The molecule has 2 aromatic heterocycles. The number of nitrogens with zero attached hydrogens (tertiary/aromatic N) is 5. The molecule has 0 spiro atoms. The Hall–Kier alpha value is -2.42. The number of nitro groups is 1. The third kappa shape index (κ3) is 3.79. The molecule has 0 aliphatic heterocycles. The zero-order valence-electron chi connectivity index (χ0n) is 10.3. The van der Waals surface area contributed by atoms with Crippen molar-refractivity contribution < 1.29 is 9.72 Å². The molecule has 0 saturated carbocycles. The third-order valence-corrected chi connectivity index (χ3v) is 2.60. The summed E-state index contributed by atoms with van der Waals surface area (Å²) in [4.78, 5) is 21.5. The maximum absolute atomic E-state index is 11.6. The van der Waals surface area contributed by atoms with Crippen molar-refractivity contribution in [2.45, 2.75) is 13.1 Å². The highest BCUT2D eigenvalue weighted by molar-refractivity contribution is 6.30. The van der Waals surface area contributed by atoms with Crippen molar-refractivity contribution in [3.63, 3.8) is 0 Å². The minimum absolute atomic E-state index is 0.0615. The number of amides is 1. The summed E-state index contributed by atoms with van der Waals surface area (Å²) in [6.45, 7) is 0.720. The lowest BCUT2D eigenvalue weighted by Gasteiger charge is -2.05.